The van der Waals surface area contributed by atoms with Crippen molar-refractivity contribution in [3.63, 3.8) is 0 Å². The predicted octanol–water partition coefficient (Wildman–Crippen LogP) is 1.70. The maximum atomic E-state index is 11.7. The van der Waals surface area contributed by atoms with Crippen LogP contribution in [0.3, 0.4) is 0 Å². The molecule has 0 saturated carbocycles. The molecule has 0 aliphatic heterocycles. The first-order valence-electron chi connectivity index (χ1n) is 5.66. The quantitative estimate of drug-likeness (QED) is 0.616. The summed E-state index contributed by atoms with van der Waals surface area (Å²) in [5.74, 6) is -0.275. The molecular formula is C12H17N3O3. The monoisotopic (exact) mass is 251 g/mol. The Morgan fingerprint density at radius 3 is 2.67 bits per heavy atom. The van der Waals surface area contributed by atoms with Gasteiger partial charge in [0.1, 0.15) is 0 Å². The van der Waals surface area contributed by atoms with E-state index in [9.17, 15) is 14.9 Å². The number of aryl methyl sites for hydroxylation is 1. The Kier molecular flexibility index (Phi) is 4.79. The normalized spacial score (nSPS) is 11.9. The molecule has 1 rings (SSSR count). The SMILES string of the molecule is CNCC(C)C(=O)Nc1ccc([N+](=O)[O-])c(C)c1. The zero-order valence-corrected chi connectivity index (χ0v) is 10.7. The molecule has 0 spiro atoms. The van der Waals surface area contributed by atoms with E-state index in [1.165, 1.54) is 12.1 Å². The minimum Gasteiger partial charge on any atom is -0.326 e. The number of amides is 1. The van der Waals surface area contributed by atoms with Gasteiger partial charge in [-0.3, -0.25) is 14.9 Å². The number of rotatable bonds is 5. The van der Waals surface area contributed by atoms with Crippen LogP contribution in [0.5, 0.6) is 0 Å². The fourth-order valence-corrected chi connectivity index (χ4v) is 1.60. The number of carbonyl (C=O) groups excluding carboxylic acids is 1. The number of nitrogens with zero attached hydrogens (tertiary/aromatic N) is 1. The molecule has 98 valence electrons. The van der Waals surface area contributed by atoms with E-state index in [-0.39, 0.29) is 17.5 Å². The van der Waals surface area contributed by atoms with Crippen molar-refractivity contribution in [1.29, 1.82) is 0 Å². The van der Waals surface area contributed by atoms with E-state index in [0.29, 0.717) is 17.8 Å². The minimum atomic E-state index is -0.440. The first-order valence-corrected chi connectivity index (χ1v) is 5.66. The third kappa shape index (κ3) is 3.53. The molecule has 6 heteroatoms. The van der Waals surface area contributed by atoms with Crippen LogP contribution in [0.25, 0.3) is 0 Å². The zero-order chi connectivity index (χ0) is 13.7. The molecule has 0 fully saturated rings. The van der Waals surface area contributed by atoms with Crippen LogP contribution in [0.2, 0.25) is 0 Å². The summed E-state index contributed by atoms with van der Waals surface area (Å²) in [6.45, 7) is 4.03. The molecule has 0 aromatic heterocycles. The number of hydrogen-bond donors (Lipinski definition) is 2. The van der Waals surface area contributed by atoms with E-state index in [1.807, 2.05) is 6.92 Å². The molecule has 0 aliphatic carbocycles. The lowest BCUT2D eigenvalue weighted by molar-refractivity contribution is -0.385. The maximum Gasteiger partial charge on any atom is 0.272 e. The van der Waals surface area contributed by atoms with Gasteiger partial charge in [0.25, 0.3) is 5.69 Å². The van der Waals surface area contributed by atoms with Gasteiger partial charge in [-0.05, 0) is 26.1 Å². The second-order valence-corrected chi connectivity index (χ2v) is 4.21. The lowest BCUT2D eigenvalue weighted by Crippen LogP contribution is -2.28. The van der Waals surface area contributed by atoms with E-state index in [1.54, 1.807) is 20.0 Å². The van der Waals surface area contributed by atoms with E-state index >= 15 is 0 Å². The average Bonchev–Trinajstić information content (AvgIpc) is 2.28. The number of hydrogen-bond acceptors (Lipinski definition) is 4. The van der Waals surface area contributed by atoms with Crippen molar-refractivity contribution in [3.8, 4) is 0 Å². The molecule has 0 bridgehead atoms. The summed E-state index contributed by atoms with van der Waals surface area (Å²) in [6.07, 6.45) is 0. The summed E-state index contributed by atoms with van der Waals surface area (Å²) in [5, 5.41) is 16.3. The lowest BCUT2D eigenvalue weighted by atomic mass is 10.1. The van der Waals surface area contributed by atoms with Crippen LogP contribution in [0.4, 0.5) is 11.4 Å². The first-order chi connectivity index (χ1) is 8.45. The number of anilines is 1. The molecular weight excluding hydrogens is 234 g/mol. The van der Waals surface area contributed by atoms with Crippen molar-refractivity contribution in [2.45, 2.75) is 13.8 Å². The molecule has 0 aliphatic rings. The topological polar surface area (TPSA) is 84.3 Å². The van der Waals surface area contributed by atoms with Crippen LogP contribution in [0, 0.1) is 23.0 Å². The van der Waals surface area contributed by atoms with Gasteiger partial charge in [0.05, 0.1) is 4.92 Å². The van der Waals surface area contributed by atoms with Gasteiger partial charge < -0.3 is 10.6 Å². The van der Waals surface area contributed by atoms with Crippen molar-refractivity contribution in [3.05, 3.63) is 33.9 Å². The Morgan fingerprint density at radius 1 is 1.50 bits per heavy atom. The highest BCUT2D eigenvalue weighted by atomic mass is 16.6. The second kappa shape index (κ2) is 6.11. The van der Waals surface area contributed by atoms with Crippen molar-refractivity contribution in [2.75, 3.05) is 18.9 Å². The highest BCUT2D eigenvalue weighted by Crippen LogP contribution is 2.21. The highest BCUT2D eigenvalue weighted by molar-refractivity contribution is 5.92. The Bertz CT molecular complexity index is 460. The predicted molar refractivity (Wildman–Crippen MR) is 69.6 cm³/mol. The standard InChI is InChI=1S/C12H17N3O3/c1-8-6-10(4-5-11(8)15(17)18)14-12(16)9(2)7-13-3/h4-6,9,13H,7H2,1-3H3,(H,14,16). The summed E-state index contributed by atoms with van der Waals surface area (Å²) in [7, 11) is 1.78. The lowest BCUT2D eigenvalue weighted by Gasteiger charge is -2.11. The zero-order valence-electron chi connectivity index (χ0n) is 10.7. The fraction of sp³-hybridized carbons (Fsp3) is 0.417. The van der Waals surface area contributed by atoms with Crippen molar-refractivity contribution in [2.24, 2.45) is 5.92 Å². The molecule has 1 atom stereocenters. The van der Waals surface area contributed by atoms with Gasteiger partial charge in [0, 0.05) is 29.8 Å². The van der Waals surface area contributed by atoms with E-state index in [2.05, 4.69) is 10.6 Å². The van der Waals surface area contributed by atoms with Crippen LogP contribution in [-0.4, -0.2) is 24.4 Å². The van der Waals surface area contributed by atoms with Gasteiger partial charge in [-0.2, -0.15) is 0 Å². The first kappa shape index (κ1) is 14.1. The van der Waals surface area contributed by atoms with Crippen LogP contribution in [0.15, 0.2) is 18.2 Å². The third-order valence-electron chi connectivity index (χ3n) is 2.62. The summed E-state index contributed by atoms with van der Waals surface area (Å²) in [4.78, 5) is 22.0. The van der Waals surface area contributed by atoms with Gasteiger partial charge in [0.15, 0.2) is 0 Å². The van der Waals surface area contributed by atoms with Gasteiger partial charge in [-0.1, -0.05) is 6.92 Å². The molecule has 1 aromatic carbocycles. The van der Waals surface area contributed by atoms with Crippen LogP contribution in [0.1, 0.15) is 12.5 Å². The van der Waals surface area contributed by atoms with Gasteiger partial charge in [0.2, 0.25) is 5.91 Å². The average molecular weight is 251 g/mol. The number of nitro groups is 1. The highest BCUT2D eigenvalue weighted by Gasteiger charge is 2.14. The largest absolute Gasteiger partial charge is 0.326 e. The second-order valence-electron chi connectivity index (χ2n) is 4.21. The number of nitro benzene ring substituents is 1. The number of nitrogens with one attached hydrogen (secondary N) is 2. The molecule has 1 amide bonds. The van der Waals surface area contributed by atoms with Gasteiger partial charge >= 0.3 is 0 Å². The Hall–Kier alpha value is -1.95. The summed E-state index contributed by atoms with van der Waals surface area (Å²) in [5.41, 5.74) is 1.15. The van der Waals surface area contributed by atoms with Gasteiger partial charge in [-0.25, -0.2) is 0 Å². The van der Waals surface area contributed by atoms with E-state index < -0.39 is 4.92 Å². The van der Waals surface area contributed by atoms with Crippen molar-refractivity contribution < 1.29 is 9.72 Å². The Balaban J connectivity index is 2.77. The number of benzene rings is 1. The van der Waals surface area contributed by atoms with Gasteiger partial charge in [-0.15, -0.1) is 0 Å². The summed E-state index contributed by atoms with van der Waals surface area (Å²) >= 11 is 0. The number of carbonyl (C=O) groups is 1. The Morgan fingerprint density at radius 2 is 2.17 bits per heavy atom. The smallest absolute Gasteiger partial charge is 0.272 e. The van der Waals surface area contributed by atoms with Crippen molar-refractivity contribution >= 4 is 17.3 Å². The Labute approximate surface area is 106 Å². The fourth-order valence-electron chi connectivity index (χ4n) is 1.60. The van der Waals surface area contributed by atoms with Crippen LogP contribution >= 0.6 is 0 Å². The third-order valence-corrected chi connectivity index (χ3v) is 2.62. The summed E-state index contributed by atoms with van der Waals surface area (Å²) < 4.78 is 0. The van der Waals surface area contributed by atoms with Crippen molar-refractivity contribution in [1.82, 2.24) is 5.32 Å². The molecule has 18 heavy (non-hydrogen) atoms. The van der Waals surface area contributed by atoms with Crippen LogP contribution < -0.4 is 10.6 Å². The summed E-state index contributed by atoms with van der Waals surface area (Å²) in [6, 6.07) is 4.53. The molecule has 0 saturated heterocycles. The molecule has 2 N–H and O–H groups in total. The molecule has 0 radical (unpaired) electrons. The molecule has 1 aromatic rings. The molecule has 6 nitrogen and oxygen atoms in total. The molecule has 0 heterocycles. The van der Waals surface area contributed by atoms with E-state index in [4.69, 9.17) is 0 Å². The van der Waals surface area contributed by atoms with Crippen LogP contribution in [-0.2, 0) is 4.79 Å². The molecule has 1 unspecified atom stereocenters. The maximum absolute atomic E-state index is 11.7. The van der Waals surface area contributed by atoms with E-state index in [0.717, 1.165) is 0 Å². The minimum absolute atomic E-state index is 0.0521.